The number of piperidine rings is 1. The number of benzene rings is 1. The molecule has 0 amide bonds. The number of nitrogen functional groups attached to an aromatic ring is 1. The van der Waals surface area contributed by atoms with Gasteiger partial charge in [0.1, 0.15) is 5.69 Å². The topological polar surface area (TPSA) is 111 Å². The van der Waals surface area contributed by atoms with Crippen molar-refractivity contribution in [2.45, 2.75) is 25.3 Å². The molecular formula is C24H28N8O. The van der Waals surface area contributed by atoms with Gasteiger partial charge in [-0.2, -0.15) is 5.10 Å². The first-order valence-electron chi connectivity index (χ1n) is 11.7. The van der Waals surface area contributed by atoms with E-state index in [2.05, 4.69) is 35.8 Å². The van der Waals surface area contributed by atoms with Gasteiger partial charge >= 0.3 is 0 Å². The average molecular weight is 445 g/mol. The molecule has 2 aliphatic rings. The summed E-state index contributed by atoms with van der Waals surface area (Å²) >= 11 is 0. The number of H-pyrrole nitrogens is 1. The van der Waals surface area contributed by atoms with Crippen LogP contribution in [0.25, 0.3) is 33.8 Å². The van der Waals surface area contributed by atoms with Crippen molar-refractivity contribution in [3.63, 3.8) is 0 Å². The van der Waals surface area contributed by atoms with Gasteiger partial charge in [0.15, 0.2) is 11.6 Å². The molecule has 2 aliphatic heterocycles. The number of anilines is 1. The summed E-state index contributed by atoms with van der Waals surface area (Å²) in [6, 6.07) is 8.28. The summed E-state index contributed by atoms with van der Waals surface area (Å²) in [6.45, 7) is 5.20. The lowest BCUT2D eigenvalue weighted by Gasteiger charge is -2.33. The van der Waals surface area contributed by atoms with E-state index in [1.54, 1.807) is 6.20 Å². The van der Waals surface area contributed by atoms with E-state index < -0.39 is 0 Å². The number of aromatic amines is 1. The van der Waals surface area contributed by atoms with Crippen LogP contribution in [0.1, 0.15) is 25.3 Å². The fourth-order valence-electron chi connectivity index (χ4n) is 4.91. The van der Waals surface area contributed by atoms with E-state index in [-0.39, 0.29) is 0 Å². The van der Waals surface area contributed by atoms with E-state index in [0.717, 1.165) is 68.0 Å². The monoisotopic (exact) mass is 444 g/mol. The second-order valence-electron chi connectivity index (χ2n) is 9.06. The van der Waals surface area contributed by atoms with E-state index in [1.165, 1.54) is 6.42 Å². The van der Waals surface area contributed by atoms with Crippen LogP contribution in [-0.4, -0.2) is 67.5 Å². The molecule has 2 saturated heterocycles. The number of nitrogens with one attached hydrogen (secondary N) is 1. The number of hydrogen-bond donors (Lipinski definition) is 2. The van der Waals surface area contributed by atoms with Crippen molar-refractivity contribution in [2.24, 2.45) is 5.92 Å². The van der Waals surface area contributed by atoms with Crippen molar-refractivity contribution in [2.75, 3.05) is 38.6 Å². The summed E-state index contributed by atoms with van der Waals surface area (Å²) in [5.74, 6) is 1.67. The van der Waals surface area contributed by atoms with Gasteiger partial charge < -0.3 is 20.4 Å². The molecule has 0 spiro atoms. The minimum atomic E-state index is 0.352. The fraction of sp³-hybridized carbons (Fsp3) is 0.417. The molecule has 170 valence electrons. The van der Waals surface area contributed by atoms with Crippen molar-refractivity contribution in [1.82, 2.24) is 34.6 Å². The number of hydrogen-bond acceptors (Lipinski definition) is 7. The molecule has 9 nitrogen and oxygen atoms in total. The van der Waals surface area contributed by atoms with Crippen LogP contribution < -0.4 is 5.73 Å². The third-order valence-electron chi connectivity index (χ3n) is 6.78. The third-order valence-corrected chi connectivity index (χ3v) is 6.78. The van der Waals surface area contributed by atoms with Crippen LogP contribution in [0.2, 0.25) is 0 Å². The molecule has 2 fully saturated rings. The summed E-state index contributed by atoms with van der Waals surface area (Å²) in [5, 5.41) is 4.66. The average Bonchev–Trinajstić information content (AvgIpc) is 3.61. The van der Waals surface area contributed by atoms with Crippen LogP contribution >= 0.6 is 0 Å². The Labute approximate surface area is 192 Å². The van der Waals surface area contributed by atoms with E-state index in [4.69, 9.17) is 15.5 Å². The molecule has 3 N–H and O–H groups in total. The lowest BCUT2D eigenvalue weighted by Crippen LogP contribution is -2.38. The van der Waals surface area contributed by atoms with Gasteiger partial charge in [0.2, 0.25) is 0 Å². The lowest BCUT2D eigenvalue weighted by molar-refractivity contribution is 0.139. The van der Waals surface area contributed by atoms with E-state index >= 15 is 0 Å². The molecular weight excluding hydrogens is 416 g/mol. The van der Waals surface area contributed by atoms with Crippen LogP contribution in [0, 0.1) is 5.92 Å². The summed E-state index contributed by atoms with van der Waals surface area (Å²) in [6.07, 6.45) is 9.05. The molecule has 0 aliphatic carbocycles. The van der Waals surface area contributed by atoms with Gasteiger partial charge in [0.25, 0.3) is 0 Å². The number of ether oxygens (including phenoxy) is 1. The molecule has 1 aromatic carbocycles. The van der Waals surface area contributed by atoms with Crippen molar-refractivity contribution in [1.29, 1.82) is 0 Å². The number of nitrogens with zero attached hydrogens (tertiary/aromatic N) is 6. The van der Waals surface area contributed by atoms with Gasteiger partial charge in [-0.1, -0.05) is 12.1 Å². The smallest absolute Gasteiger partial charge is 0.161 e. The number of nitrogens with two attached hydrogens (primary N) is 1. The van der Waals surface area contributed by atoms with Crippen molar-refractivity contribution >= 4 is 16.9 Å². The third kappa shape index (κ3) is 4.09. The highest BCUT2D eigenvalue weighted by Gasteiger charge is 2.25. The van der Waals surface area contributed by atoms with Gasteiger partial charge in [-0.25, -0.2) is 15.0 Å². The number of rotatable bonds is 5. The normalized spacial score (nSPS) is 20.1. The summed E-state index contributed by atoms with van der Waals surface area (Å²) in [5.41, 5.74) is 10.2. The Morgan fingerprint density at radius 2 is 1.97 bits per heavy atom. The Bertz CT molecular complexity index is 1220. The highest BCUT2D eigenvalue weighted by molar-refractivity contribution is 5.80. The molecule has 5 heterocycles. The summed E-state index contributed by atoms with van der Waals surface area (Å²) < 4.78 is 7.62. The predicted octanol–water partition coefficient (Wildman–Crippen LogP) is 3.14. The van der Waals surface area contributed by atoms with Gasteiger partial charge in [0, 0.05) is 38.0 Å². The maximum absolute atomic E-state index is 6.15. The fourth-order valence-corrected chi connectivity index (χ4v) is 4.91. The molecule has 0 radical (unpaired) electrons. The van der Waals surface area contributed by atoms with Gasteiger partial charge in [-0.15, -0.1) is 0 Å². The molecule has 4 aromatic rings. The molecule has 0 saturated carbocycles. The zero-order valence-corrected chi connectivity index (χ0v) is 18.5. The maximum atomic E-state index is 6.15. The first kappa shape index (κ1) is 20.3. The van der Waals surface area contributed by atoms with Crippen LogP contribution in [0.15, 0.2) is 42.9 Å². The molecule has 9 heteroatoms. The highest BCUT2D eigenvalue weighted by Crippen LogP contribution is 2.28. The van der Waals surface area contributed by atoms with Crippen molar-refractivity contribution < 1.29 is 4.74 Å². The molecule has 33 heavy (non-hydrogen) atoms. The molecule has 1 unspecified atom stereocenters. The Morgan fingerprint density at radius 3 is 2.79 bits per heavy atom. The summed E-state index contributed by atoms with van der Waals surface area (Å²) in [7, 11) is 0. The standard InChI is InChI=1S/C24H28N8O/c25-23-22(24-29-19-3-1-2-4-20(19)30-24)28-21(12-26-23)17-11-27-32(14-17)18-5-8-31(9-6-18)13-16-7-10-33-15-16/h1-4,11-12,14,16,18H,5-10,13,15H2,(H2,25,26)(H,29,30). The Morgan fingerprint density at radius 1 is 1.09 bits per heavy atom. The lowest BCUT2D eigenvalue weighted by atomic mass is 10.0. The van der Waals surface area contributed by atoms with Crippen LogP contribution in [0.3, 0.4) is 0 Å². The predicted molar refractivity (Wildman–Crippen MR) is 126 cm³/mol. The molecule has 0 bridgehead atoms. The van der Waals surface area contributed by atoms with Crippen molar-refractivity contribution in [3.8, 4) is 22.8 Å². The molecule has 3 aromatic heterocycles. The Hall–Kier alpha value is -3.30. The second kappa shape index (κ2) is 8.57. The Balaban J connectivity index is 1.18. The van der Waals surface area contributed by atoms with Crippen molar-refractivity contribution in [3.05, 3.63) is 42.9 Å². The van der Waals surface area contributed by atoms with Gasteiger partial charge in [-0.05, 0) is 37.3 Å². The highest BCUT2D eigenvalue weighted by atomic mass is 16.5. The molecule has 6 rings (SSSR count). The first-order valence-corrected chi connectivity index (χ1v) is 11.7. The van der Waals surface area contributed by atoms with E-state index in [0.29, 0.717) is 29.3 Å². The first-order chi connectivity index (χ1) is 16.2. The quantitative estimate of drug-likeness (QED) is 0.486. The second-order valence-corrected chi connectivity index (χ2v) is 9.06. The zero-order chi connectivity index (χ0) is 22.2. The van der Waals surface area contributed by atoms with Gasteiger partial charge in [0.05, 0.1) is 41.8 Å². The number of para-hydroxylation sites is 2. The largest absolute Gasteiger partial charge is 0.382 e. The SMILES string of the molecule is Nc1ncc(-c2cnn(C3CCN(CC4CCOC4)CC3)c2)nc1-c1nc2ccccc2[nH]1. The number of fused-ring (bicyclic) bond motifs is 1. The van der Waals surface area contributed by atoms with Crippen LogP contribution in [0.4, 0.5) is 5.82 Å². The van der Waals surface area contributed by atoms with Gasteiger partial charge in [-0.3, -0.25) is 4.68 Å². The van der Waals surface area contributed by atoms with Crippen LogP contribution in [0.5, 0.6) is 0 Å². The maximum Gasteiger partial charge on any atom is 0.161 e. The minimum absolute atomic E-state index is 0.352. The minimum Gasteiger partial charge on any atom is -0.382 e. The summed E-state index contributed by atoms with van der Waals surface area (Å²) in [4.78, 5) is 19.7. The number of likely N-dealkylation sites (tertiary alicyclic amines) is 1. The zero-order valence-electron chi connectivity index (χ0n) is 18.5. The van der Waals surface area contributed by atoms with E-state index in [9.17, 15) is 0 Å². The number of aromatic nitrogens is 6. The van der Waals surface area contributed by atoms with Crippen LogP contribution in [-0.2, 0) is 4.74 Å². The number of imidazole rings is 1. The van der Waals surface area contributed by atoms with E-state index in [1.807, 2.05) is 30.5 Å². The molecule has 1 atom stereocenters. The Kier molecular flexibility index (Phi) is 5.27.